The van der Waals surface area contributed by atoms with Gasteiger partial charge in [0.1, 0.15) is 30.7 Å². The molecule has 0 aromatic heterocycles. The van der Waals surface area contributed by atoms with Crippen LogP contribution in [0.5, 0.6) is 0 Å². The van der Waals surface area contributed by atoms with E-state index in [-0.39, 0.29) is 72.5 Å². The zero-order chi connectivity index (χ0) is 63.9. The summed E-state index contributed by atoms with van der Waals surface area (Å²) in [5.41, 5.74) is 31.1. The number of nitrogens with one attached hydrogen (secondary N) is 3. The van der Waals surface area contributed by atoms with E-state index in [0.717, 1.165) is 36.0 Å². The second-order valence-corrected chi connectivity index (χ2v) is 21.7. The van der Waals surface area contributed by atoms with Crippen LogP contribution < -0.4 is 16.0 Å². The highest BCUT2D eigenvalue weighted by atomic mass is 16.6. The molecule has 8 rings (SSSR count). The molecule has 7 amide bonds. The van der Waals surface area contributed by atoms with E-state index in [1.807, 2.05) is 74.5 Å². The van der Waals surface area contributed by atoms with E-state index in [9.17, 15) is 24.0 Å². The summed E-state index contributed by atoms with van der Waals surface area (Å²) in [6, 6.07) is -1.91. The molecule has 12 atom stereocenters. The molecule has 476 valence electrons. The number of hydrogen-bond acceptors (Lipinski definition) is 16. The van der Waals surface area contributed by atoms with E-state index in [1.165, 1.54) is 19.6 Å². The fourth-order valence-corrected chi connectivity index (χ4v) is 9.82. The first-order valence-electron chi connectivity index (χ1n) is 29.4. The van der Waals surface area contributed by atoms with Gasteiger partial charge in [-0.1, -0.05) is 68.3 Å². The van der Waals surface area contributed by atoms with Gasteiger partial charge < -0.3 is 53.8 Å². The third-order valence-electron chi connectivity index (χ3n) is 14.6. The van der Waals surface area contributed by atoms with E-state index in [4.69, 9.17) is 54.5 Å². The van der Waals surface area contributed by atoms with Gasteiger partial charge >= 0.3 is 18.1 Å². The molecule has 8 aliphatic rings. The van der Waals surface area contributed by atoms with Crippen molar-refractivity contribution in [1.29, 1.82) is 0 Å². The highest BCUT2D eigenvalue weighted by Crippen LogP contribution is 2.34. The van der Waals surface area contributed by atoms with Crippen LogP contribution in [0.2, 0.25) is 0 Å². The van der Waals surface area contributed by atoms with Crippen molar-refractivity contribution < 1.29 is 61.9 Å². The Morgan fingerprint density at radius 1 is 0.563 bits per heavy atom. The van der Waals surface area contributed by atoms with Crippen LogP contribution in [0.25, 0.3) is 31.3 Å². The van der Waals surface area contributed by atoms with Crippen molar-refractivity contribution in [3.63, 3.8) is 0 Å². The largest absolute Gasteiger partial charge is 0.379 e. The standard InChI is InChI=1S/C17H26N4O4.C14H21N5O3.C14H20N2O3.C13H19N5O3/c1-4-6-12-16(22)11(3)9-21(17(12)23)15-8-13(19-20-18)14(25-15)10-24-7-5-2;1-4-5-21-8-12-11(17-18-15)6-13(22-12)19-7-9(2)10(3)16-14(19)20;1-9(2)18-8-12-5-6-13(19-12)16-7-10(3)11(4)15-14(16)17;1-4-20-7-11-10(16-17-14)5-12(21-11)18-6-8(2)9(3)15-13(18)19/h9,12-15H,4-8,10H2,1-3H3;7,11-13H,3-6,8H2,1-2H3,(H,16,20);5-7,9,12-13H,4,8H2,1-3H3,(H,15,17);6,10-12H,3-5,7H2,1-2H3,(H,15,19)/t12?,13?,14-,15-;11?,12-,13-;12-,13+;10?,11-,12-/m1101/s1. The molecule has 3 fully saturated rings. The Balaban J connectivity index is 0.000000212. The van der Waals surface area contributed by atoms with E-state index in [2.05, 4.69) is 65.8 Å². The van der Waals surface area contributed by atoms with Crippen molar-refractivity contribution >= 4 is 29.8 Å². The average Bonchev–Trinajstić information content (AvgIpc) is 2.12. The molecule has 8 heterocycles. The second kappa shape index (κ2) is 34.7. The maximum absolute atomic E-state index is 12.7. The van der Waals surface area contributed by atoms with Gasteiger partial charge in [-0.25, -0.2) is 14.4 Å². The smallest absolute Gasteiger partial charge is 0.328 e. The molecule has 3 N–H and O–H groups in total. The van der Waals surface area contributed by atoms with Gasteiger partial charge in [-0.15, -0.1) is 0 Å². The van der Waals surface area contributed by atoms with Gasteiger partial charge in [0.25, 0.3) is 0 Å². The highest BCUT2D eigenvalue weighted by molar-refractivity contribution is 6.12. The predicted octanol–water partition coefficient (Wildman–Crippen LogP) is 9.98. The number of ketones is 1. The van der Waals surface area contributed by atoms with Crippen LogP contribution in [0.3, 0.4) is 0 Å². The molecule has 0 spiro atoms. The van der Waals surface area contributed by atoms with Gasteiger partial charge in [-0.05, 0) is 107 Å². The molecule has 4 unspecified atom stereocenters. The first kappa shape index (κ1) is 70.2. The van der Waals surface area contributed by atoms with Crippen LogP contribution in [0.15, 0.2) is 111 Å². The maximum atomic E-state index is 12.7. The fourth-order valence-electron chi connectivity index (χ4n) is 9.82. The third kappa shape index (κ3) is 19.7. The molecular weight excluding hydrogens is 1130 g/mol. The van der Waals surface area contributed by atoms with Gasteiger partial charge in [0.05, 0.1) is 69.0 Å². The number of Topliss-reactive ketones (excluding diaryl/α,β-unsaturated/α-hetero) is 1. The van der Waals surface area contributed by atoms with E-state index in [1.54, 1.807) is 31.7 Å². The SMILES string of the molecule is C=C1NC(=O)N([C@H]2C=C[C@@H](COC(C)C)O2)C=C1C.C=C1NC(=O)N([C@H]2CC(N=[N+]=[N-])[C@@H](COCC)O2)C=C1C.C=C1NC(=O)N([C@H]2CC(N=[N+]=[N-])[C@@H](COCCC)O2)C=C1C.CCCOC[C@H]1O[C@@H](N2C=C(C)C(=O)C(CCC)C2=O)CC1N=[N+]=[N-]. The number of rotatable bonds is 23. The second-order valence-electron chi connectivity index (χ2n) is 21.7. The summed E-state index contributed by atoms with van der Waals surface area (Å²) < 4.78 is 45.3. The van der Waals surface area contributed by atoms with Gasteiger partial charge in [0.2, 0.25) is 5.91 Å². The van der Waals surface area contributed by atoms with Crippen LogP contribution in [-0.2, 0) is 47.5 Å². The predicted molar refractivity (Wildman–Crippen MR) is 320 cm³/mol. The summed E-state index contributed by atoms with van der Waals surface area (Å²) in [7, 11) is 0. The number of amides is 7. The number of nitrogens with zero attached hydrogens (tertiary/aromatic N) is 13. The van der Waals surface area contributed by atoms with Crippen molar-refractivity contribution in [1.82, 2.24) is 35.6 Å². The summed E-state index contributed by atoms with van der Waals surface area (Å²) in [4.78, 5) is 75.5. The summed E-state index contributed by atoms with van der Waals surface area (Å²) in [6.45, 7) is 33.7. The maximum Gasteiger partial charge on any atom is 0.328 e. The monoisotopic (exact) mass is 1210 g/mol. The Hall–Kier alpha value is -7.52. The van der Waals surface area contributed by atoms with Gasteiger partial charge in [-0.2, -0.15) is 0 Å². The fraction of sp³-hybridized carbons (Fsp3) is 0.638. The molecule has 0 aromatic rings. The lowest BCUT2D eigenvalue weighted by molar-refractivity contribution is -0.150. The number of ether oxygens (including phenoxy) is 8. The lowest BCUT2D eigenvalue weighted by atomic mass is 9.90. The number of allylic oxidation sites excluding steroid dienone is 4. The molecule has 0 aliphatic carbocycles. The van der Waals surface area contributed by atoms with Crippen molar-refractivity contribution in [2.45, 2.75) is 188 Å². The van der Waals surface area contributed by atoms with Crippen LogP contribution in [0, 0.1) is 5.92 Å². The molecule has 0 saturated carbocycles. The Labute approximate surface area is 508 Å². The van der Waals surface area contributed by atoms with E-state index >= 15 is 0 Å². The minimum Gasteiger partial charge on any atom is -0.379 e. The number of carbonyl (C=O) groups excluding carboxylic acids is 5. The minimum absolute atomic E-state index is 0.112. The molecule has 0 aromatic carbocycles. The van der Waals surface area contributed by atoms with Gasteiger partial charge in [0.15, 0.2) is 12.0 Å². The third-order valence-corrected chi connectivity index (χ3v) is 14.6. The van der Waals surface area contributed by atoms with Crippen LogP contribution in [0.1, 0.15) is 114 Å². The molecule has 29 nitrogen and oxygen atoms in total. The molecule has 3 saturated heterocycles. The number of carbonyl (C=O) groups is 5. The summed E-state index contributed by atoms with van der Waals surface area (Å²) >= 11 is 0. The summed E-state index contributed by atoms with van der Waals surface area (Å²) in [5.74, 6) is -1.00. The van der Waals surface area contributed by atoms with Crippen molar-refractivity contribution in [3.05, 3.63) is 127 Å². The Bertz CT molecular complexity index is 2800. The van der Waals surface area contributed by atoms with Crippen LogP contribution in [0.4, 0.5) is 14.4 Å². The first-order chi connectivity index (χ1) is 41.6. The Morgan fingerprint density at radius 2 is 0.966 bits per heavy atom. The van der Waals surface area contributed by atoms with Crippen molar-refractivity contribution in [2.24, 2.45) is 21.3 Å². The summed E-state index contributed by atoms with van der Waals surface area (Å²) in [6.07, 6.45) is 11.9. The van der Waals surface area contributed by atoms with Gasteiger partial charge in [-0.3, -0.25) is 29.2 Å². The number of azide groups is 3. The van der Waals surface area contributed by atoms with E-state index in [0.29, 0.717) is 94.6 Å². The Morgan fingerprint density at radius 3 is 1.37 bits per heavy atom. The van der Waals surface area contributed by atoms with Crippen LogP contribution in [-0.4, -0.2) is 169 Å². The average molecular weight is 1220 g/mol. The van der Waals surface area contributed by atoms with Crippen molar-refractivity contribution in [3.8, 4) is 0 Å². The minimum atomic E-state index is -0.646. The number of hydrogen-bond donors (Lipinski definition) is 3. The topological polar surface area (TPSA) is 355 Å². The molecule has 29 heteroatoms. The Kier molecular flexibility index (Phi) is 28.0. The lowest BCUT2D eigenvalue weighted by Crippen LogP contribution is -2.46. The first-order valence-corrected chi connectivity index (χ1v) is 29.4. The molecule has 0 radical (unpaired) electrons. The normalized spacial score (nSPS) is 28.5. The van der Waals surface area contributed by atoms with Crippen molar-refractivity contribution in [2.75, 3.05) is 46.2 Å². The lowest BCUT2D eigenvalue weighted by Gasteiger charge is -2.33. The van der Waals surface area contributed by atoms with E-state index < -0.39 is 36.7 Å². The molecular formula is C58H86N16O13. The number of urea groups is 3. The molecule has 87 heavy (non-hydrogen) atoms. The quantitative estimate of drug-likeness (QED) is 0.0214. The highest BCUT2D eigenvalue weighted by Gasteiger charge is 2.45. The molecule has 0 bridgehead atoms. The van der Waals surface area contributed by atoms with Crippen LogP contribution >= 0.6 is 0 Å². The zero-order valence-electron chi connectivity index (χ0n) is 51.6. The molecule has 8 aliphatic heterocycles. The summed E-state index contributed by atoms with van der Waals surface area (Å²) in [5, 5.41) is 19.4. The van der Waals surface area contributed by atoms with Gasteiger partial charge in [0, 0.05) is 101 Å². The zero-order valence-corrected chi connectivity index (χ0v) is 51.6.